The number of oxime groups is 1. The maximum absolute atomic E-state index is 12.4. The molecule has 2 heterocycles. The molecular formula is C21H25N7O2S2. The SMILES string of the molecule is CN(N=N)C(=N)C(=NOCc1cccc(NC(=O)CC2(C)SCCS2)n1)c1ccccc1. The van der Waals surface area contributed by atoms with Gasteiger partial charge in [0.15, 0.2) is 18.2 Å². The van der Waals surface area contributed by atoms with Crippen molar-refractivity contribution in [2.75, 3.05) is 23.9 Å². The summed E-state index contributed by atoms with van der Waals surface area (Å²) >= 11 is 3.62. The molecule has 1 aliphatic heterocycles. The predicted molar refractivity (Wildman–Crippen MR) is 129 cm³/mol. The number of hydrogen-bond acceptors (Lipinski definition) is 9. The lowest BCUT2D eigenvalue weighted by molar-refractivity contribution is -0.116. The minimum Gasteiger partial charge on any atom is -0.389 e. The fraction of sp³-hybridized carbons (Fsp3) is 0.333. The zero-order valence-corrected chi connectivity index (χ0v) is 19.5. The number of likely N-dealkylation sites (N-methyl/N-ethyl adjacent to an activating group) is 1. The van der Waals surface area contributed by atoms with Crippen molar-refractivity contribution in [3.8, 4) is 0 Å². The Kier molecular flexibility index (Phi) is 8.23. The van der Waals surface area contributed by atoms with Gasteiger partial charge in [-0.1, -0.05) is 46.8 Å². The van der Waals surface area contributed by atoms with Crippen molar-refractivity contribution in [3.63, 3.8) is 0 Å². The van der Waals surface area contributed by atoms with E-state index in [4.69, 9.17) is 15.8 Å². The number of amidine groups is 1. The zero-order chi connectivity index (χ0) is 23.0. The second kappa shape index (κ2) is 11.1. The van der Waals surface area contributed by atoms with E-state index >= 15 is 0 Å². The molecule has 0 spiro atoms. The van der Waals surface area contributed by atoms with Crippen molar-refractivity contribution in [2.24, 2.45) is 10.4 Å². The van der Waals surface area contributed by atoms with Gasteiger partial charge in [0.05, 0.1) is 16.2 Å². The highest BCUT2D eigenvalue weighted by molar-refractivity contribution is 8.21. The van der Waals surface area contributed by atoms with Crippen LogP contribution in [0.5, 0.6) is 0 Å². The average molecular weight is 472 g/mol. The molecule has 168 valence electrons. The van der Waals surface area contributed by atoms with Crippen molar-refractivity contribution in [3.05, 3.63) is 59.8 Å². The second-order valence-corrected chi connectivity index (χ2v) is 10.6. The Hall–Kier alpha value is -2.92. The maximum Gasteiger partial charge on any atom is 0.227 e. The van der Waals surface area contributed by atoms with E-state index in [2.05, 4.69) is 27.6 Å². The van der Waals surface area contributed by atoms with E-state index in [1.165, 1.54) is 7.05 Å². The van der Waals surface area contributed by atoms with E-state index in [0.717, 1.165) is 16.5 Å². The lowest BCUT2D eigenvalue weighted by atomic mass is 10.1. The molecule has 2 aromatic rings. The van der Waals surface area contributed by atoms with E-state index < -0.39 is 0 Å². The zero-order valence-electron chi connectivity index (χ0n) is 17.9. The molecule has 1 saturated heterocycles. The molecule has 1 aromatic carbocycles. The third-order valence-electron chi connectivity index (χ3n) is 4.57. The van der Waals surface area contributed by atoms with E-state index in [1.54, 1.807) is 30.3 Å². The summed E-state index contributed by atoms with van der Waals surface area (Å²) in [5.41, 5.74) is 8.63. The van der Waals surface area contributed by atoms with Crippen LogP contribution in [0.3, 0.4) is 0 Å². The summed E-state index contributed by atoms with van der Waals surface area (Å²) in [5, 5.41) is 19.5. The van der Waals surface area contributed by atoms with Gasteiger partial charge < -0.3 is 10.2 Å². The molecule has 11 heteroatoms. The molecular weight excluding hydrogens is 446 g/mol. The van der Waals surface area contributed by atoms with Crippen molar-refractivity contribution in [1.82, 2.24) is 9.99 Å². The summed E-state index contributed by atoms with van der Waals surface area (Å²) in [5.74, 6) is 2.44. The first kappa shape index (κ1) is 23.7. The maximum atomic E-state index is 12.4. The Morgan fingerprint density at radius 1 is 1.22 bits per heavy atom. The van der Waals surface area contributed by atoms with Gasteiger partial charge in [-0.05, 0) is 19.1 Å². The highest BCUT2D eigenvalue weighted by Crippen LogP contribution is 2.45. The number of thioether (sulfide) groups is 2. The van der Waals surface area contributed by atoms with Crippen LogP contribution in [0.15, 0.2) is 58.9 Å². The van der Waals surface area contributed by atoms with Gasteiger partial charge in [-0.3, -0.25) is 10.2 Å². The number of anilines is 1. The molecule has 0 unspecified atom stereocenters. The molecule has 1 fully saturated rings. The number of carbonyl (C=O) groups is 1. The van der Waals surface area contributed by atoms with Gasteiger partial charge in [0, 0.05) is 24.1 Å². The number of nitrogens with zero attached hydrogens (tertiary/aromatic N) is 4. The van der Waals surface area contributed by atoms with Gasteiger partial charge in [0.1, 0.15) is 5.82 Å². The lowest BCUT2D eigenvalue weighted by Crippen LogP contribution is -2.29. The Balaban J connectivity index is 1.65. The number of amides is 1. The summed E-state index contributed by atoms with van der Waals surface area (Å²) in [4.78, 5) is 22.3. The molecule has 0 atom stereocenters. The summed E-state index contributed by atoms with van der Waals surface area (Å²) in [6.45, 7) is 2.15. The number of aromatic nitrogens is 1. The highest BCUT2D eigenvalue weighted by atomic mass is 32.2. The van der Waals surface area contributed by atoms with Crippen molar-refractivity contribution < 1.29 is 9.63 Å². The number of pyridine rings is 1. The molecule has 0 saturated carbocycles. The van der Waals surface area contributed by atoms with Crippen molar-refractivity contribution in [1.29, 1.82) is 10.9 Å². The van der Waals surface area contributed by atoms with Crippen LogP contribution in [0.4, 0.5) is 5.82 Å². The smallest absolute Gasteiger partial charge is 0.227 e. The molecule has 0 radical (unpaired) electrons. The number of rotatable bonds is 9. The molecule has 1 aromatic heterocycles. The van der Waals surface area contributed by atoms with Crippen LogP contribution in [0.2, 0.25) is 0 Å². The minimum atomic E-state index is -0.0870. The molecule has 3 N–H and O–H groups in total. The van der Waals surface area contributed by atoms with Gasteiger partial charge in [0.25, 0.3) is 0 Å². The Labute approximate surface area is 195 Å². The standard InChI is InChI=1S/C21H25N7O2S2/c1-21(31-11-12-32-21)13-18(29)25-17-10-6-9-16(24-17)14-30-26-19(20(22)28(2)27-23)15-7-4-3-5-8-15/h3-10,22-23H,11-14H2,1-2H3,(H,24,25,29). The van der Waals surface area contributed by atoms with E-state index in [0.29, 0.717) is 23.5 Å². The Morgan fingerprint density at radius 3 is 2.62 bits per heavy atom. The summed E-state index contributed by atoms with van der Waals surface area (Å²) in [7, 11) is 1.49. The Morgan fingerprint density at radius 2 is 1.94 bits per heavy atom. The first-order chi connectivity index (χ1) is 15.4. The fourth-order valence-corrected chi connectivity index (χ4v) is 5.79. The van der Waals surface area contributed by atoms with Gasteiger partial charge in [-0.15, -0.1) is 23.5 Å². The molecule has 3 rings (SSSR count). The van der Waals surface area contributed by atoms with E-state index in [1.807, 2.05) is 41.7 Å². The lowest BCUT2D eigenvalue weighted by Gasteiger charge is -2.20. The van der Waals surface area contributed by atoms with Crippen molar-refractivity contribution >= 4 is 46.8 Å². The summed E-state index contributed by atoms with van der Waals surface area (Å²) in [6, 6.07) is 14.4. The van der Waals surface area contributed by atoms with Gasteiger partial charge in [0.2, 0.25) is 5.91 Å². The molecule has 9 nitrogen and oxygen atoms in total. The first-order valence-electron chi connectivity index (χ1n) is 9.89. The molecule has 0 bridgehead atoms. The largest absolute Gasteiger partial charge is 0.389 e. The quantitative estimate of drug-likeness (QED) is 0.216. The average Bonchev–Trinajstić information content (AvgIpc) is 3.22. The van der Waals surface area contributed by atoms with Gasteiger partial charge in [-0.2, -0.15) is 5.53 Å². The molecule has 1 amide bonds. The molecule has 0 aliphatic carbocycles. The van der Waals surface area contributed by atoms with Crippen LogP contribution < -0.4 is 5.32 Å². The van der Waals surface area contributed by atoms with Gasteiger partial charge in [-0.25, -0.2) is 9.99 Å². The minimum absolute atomic E-state index is 0.0540. The van der Waals surface area contributed by atoms with Crippen LogP contribution in [-0.4, -0.2) is 50.1 Å². The normalized spacial score (nSPS) is 15.1. The Bertz CT molecular complexity index is 995. The molecule has 32 heavy (non-hydrogen) atoms. The van der Waals surface area contributed by atoms with Gasteiger partial charge >= 0.3 is 0 Å². The fourth-order valence-electron chi connectivity index (χ4n) is 2.96. The monoisotopic (exact) mass is 471 g/mol. The van der Waals surface area contributed by atoms with Crippen molar-refractivity contribution in [2.45, 2.75) is 24.0 Å². The second-order valence-electron chi connectivity index (χ2n) is 7.12. The van der Waals surface area contributed by atoms with Crippen LogP contribution in [0.1, 0.15) is 24.6 Å². The van der Waals surface area contributed by atoms with E-state index in [-0.39, 0.29) is 28.1 Å². The number of nitrogens with one attached hydrogen (secondary N) is 3. The predicted octanol–water partition coefficient (Wildman–Crippen LogP) is 4.38. The van der Waals surface area contributed by atoms with E-state index in [9.17, 15) is 4.79 Å². The van der Waals surface area contributed by atoms with Crippen LogP contribution in [0.25, 0.3) is 0 Å². The van der Waals surface area contributed by atoms with Crippen LogP contribution >= 0.6 is 23.5 Å². The summed E-state index contributed by atoms with van der Waals surface area (Å²) in [6.07, 6.45) is 0.423. The number of hydrogen-bond donors (Lipinski definition) is 3. The van der Waals surface area contributed by atoms with Crippen LogP contribution in [0, 0.1) is 10.9 Å². The topological polar surface area (TPSA) is 127 Å². The first-order valence-corrected chi connectivity index (χ1v) is 11.9. The number of benzene rings is 1. The third-order valence-corrected chi connectivity index (χ3v) is 7.86. The molecule has 1 aliphatic rings. The van der Waals surface area contributed by atoms with Crippen LogP contribution in [-0.2, 0) is 16.2 Å². The third kappa shape index (κ3) is 6.54. The highest BCUT2D eigenvalue weighted by Gasteiger charge is 2.32. The summed E-state index contributed by atoms with van der Waals surface area (Å²) < 4.78 is -0.0870. The number of carbonyl (C=O) groups excluding carboxylic acids is 1.